The predicted molar refractivity (Wildman–Crippen MR) is 86.2 cm³/mol. The van der Waals surface area contributed by atoms with Crippen LogP contribution in [0.4, 0.5) is 5.95 Å². The van der Waals surface area contributed by atoms with E-state index in [1.165, 1.54) is 0 Å². The van der Waals surface area contributed by atoms with Gasteiger partial charge >= 0.3 is 5.97 Å². The SMILES string of the molecule is CCOC(=O)c1cnc(N(C)[C@@H]2CCN(C)[C@H](C)C2)nc1C. The van der Waals surface area contributed by atoms with Crippen molar-refractivity contribution in [2.45, 2.75) is 45.7 Å². The number of hydrogen-bond donors (Lipinski definition) is 0. The van der Waals surface area contributed by atoms with E-state index in [0.717, 1.165) is 19.4 Å². The molecular formula is C16H26N4O2. The van der Waals surface area contributed by atoms with E-state index in [9.17, 15) is 4.79 Å². The molecule has 0 saturated carbocycles. The second-order valence-electron chi connectivity index (χ2n) is 6.01. The molecule has 0 bridgehead atoms. The summed E-state index contributed by atoms with van der Waals surface area (Å²) in [5, 5.41) is 0. The minimum absolute atomic E-state index is 0.355. The summed E-state index contributed by atoms with van der Waals surface area (Å²) in [6.45, 7) is 7.29. The van der Waals surface area contributed by atoms with Crippen LogP contribution in [-0.4, -0.2) is 60.2 Å². The third-order valence-electron chi connectivity index (χ3n) is 4.51. The Morgan fingerprint density at radius 2 is 2.27 bits per heavy atom. The zero-order valence-corrected chi connectivity index (χ0v) is 14.2. The normalized spacial score (nSPS) is 22.4. The van der Waals surface area contributed by atoms with Crippen molar-refractivity contribution in [3.05, 3.63) is 17.5 Å². The molecule has 0 radical (unpaired) electrons. The molecule has 2 atom stereocenters. The molecular weight excluding hydrogens is 280 g/mol. The Labute approximate surface area is 132 Å². The summed E-state index contributed by atoms with van der Waals surface area (Å²) in [5.74, 6) is 0.314. The summed E-state index contributed by atoms with van der Waals surface area (Å²) >= 11 is 0. The fourth-order valence-corrected chi connectivity index (χ4v) is 2.81. The second kappa shape index (κ2) is 7.05. The lowest BCUT2D eigenvalue weighted by Crippen LogP contribution is -2.46. The zero-order chi connectivity index (χ0) is 16.3. The van der Waals surface area contributed by atoms with Gasteiger partial charge in [0.15, 0.2) is 0 Å². The maximum absolute atomic E-state index is 11.8. The van der Waals surface area contributed by atoms with Crippen LogP contribution in [0.5, 0.6) is 0 Å². The fourth-order valence-electron chi connectivity index (χ4n) is 2.81. The molecule has 6 heteroatoms. The Bertz CT molecular complexity index is 535. The molecule has 1 aromatic heterocycles. The lowest BCUT2D eigenvalue weighted by atomic mass is 9.98. The van der Waals surface area contributed by atoms with Crippen LogP contribution < -0.4 is 4.90 Å². The molecule has 0 amide bonds. The van der Waals surface area contributed by atoms with E-state index in [4.69, 9.17) is 4.74 Å². The molecule has 0 aromatic carbocycles. The van der Waals surface area contributed by atoms with E-state index in [1.807, 2.05) is 14.0 Å². The van der Waals surface area contributed by atoms with Crippen LogP contribution in [0.2, 0.25) is 0 Å². The average molecular weight is 306 g/mol. The molecule has 122 valence electrons. The molecule has 0 unspecified atom stereocenters. The zero-order valence-electron chi connectivity index (χ0n) is 14.2. The average Bonchev–Trinajstić information content (AvgIpc) is 2.49. The molecule has 1 aliphatic heterocycles. The number of aryl methyl sites for hydroxylation is 1. The number of anilines is 1. The van der Waals surface area contributed by atoms with Crippen molar-refractivity contribution >= 4 is 11.9 Å². The monoisotopic (exact) mass is 306 g/mol. The third kappa shape index (κ3) is 3.55. The van der Waals surface area contributed by atoms with E-state index in [0.29, 0.717) is 35.9 Å². The van der Waals surface area contributed by atoms with Crippen LogP contribution in [0.1, 0.15) is 42.7 Å². The molecule has 1 fully saturated rings. The van der Waals surface area contributed by atoms with Gasteiger partial charge in [-0.3, -0.25) is 0 Å². The molecule has 2 heterocycles. The van der Waals surface area contributed by atoms with Crippen molar-refractivity contribution in [2.75, 3.05) is 32.1 Å². The molecule has 2 rings (SSSR count). The molecule has 1 aromatic rings. The largest absolute Gasteiger partial charge is 0.462 e. The highest BCUT2D eigenvalue weighted by molar-refractivity contribution is 5.90. The van der Waals surface area contributed by atoms with Crippen LogP contribution >= 0.6 is 0 Å². The number of nitrogens with zero attached hydrogens (tertiary/aromatic N) is 4. The second-order valence-corrected chi connectivity index (χ2v) is 6.01. The van der Waals surface area contributed by atoms with Crippen LogP contribution in [0.3, 0.4) is 0 Å². The quantitative estimate of drug-likeness (QED) is 0.792. The van der Waals surface area contributed by atoms with E-state index in [1.54, 1.807) is 13.1 Å². The van der Waals surface area contributed by atoms with Crippen LogP contribution in [-0.2, 0) is 4.74 Å². The van der Waals surface area contributed by atoms with Gasteiger partial charge in [-0.05, 0) is 40.7 Å². The van der Waals surface area contributed by atoms with E-state index in [-0.39, 0.29) is 5.97 Å². The number of likely N-dealkylation sites (tertiary alicyclic amines) is 1. The van der Waals surface area contributed by atoms with Gasteiger partial charge in [0.25, 0.3) is 0 Å². The summed E-state index contributed by atoms with van der Waals surface area (Å²) in [6.07, 6.45) is 3.76. The summed E-state index contributed by atoms with van der Waals surface area (Å²) in [6, 6.07) is 0.986. The highest BCUT2D eigenvalue weighted by Gasteiger charge is 2.27. The first-order valence-electron chi connectivity index (χ1n) is 7.87. The van der Waals surface area contributed by atoms with Gasteiger partial charge in [0, 0.05) is 31.9 Å². The Morgan fingerprint density at radius 3 is 2.86 bits per heavy atom. The van der Waals surface area contributed by atoms with Crippen molar-refractivity contribution in [1.29, 1.82) is 0 Å². The number of hydrogen-bond acceptors (Lipinski definition) is 6. The molecule has 22 heavy (non-hydrogen) atoms. The maximum atomic E-state index is 11.8. The van der Waals surface area contributed by atoms with Crippen molar-refractivity contribution in [3.8, 4) is 0 Å². The van der Waals surface area contributed by atoms with Crippen molar-refractivity contribution in [2.24, 2.45) is 0 Å². The van der Waals surface area contributed by atoms with E-state index >= 15 is 0 Å². The predicted octanol–water partition coefficient (Wildman–Crippen LogP) is 1.88. The number of carbonyl (C=O) groups excluding carboxylic acids is 1. The standard InChI is InChI=1S/C16H26N4O2/c1-6-22-15(21)14-10-17-16(18-12(14)3)20(5)13-7-8-19(4)11(2)9-13/h10-11,13H,6-9H2,1-5H3/t11-,13-/m1/s1. The molecule has 6 nitrogen and oxygen atoms in total. The van der Waals surface area contributed by atoms with Gasteiger partial charge in [-0.25, -0.2) is 14.8 Å². The van der Waals surface area contributed by atoms with Gasteiger partial charge in [0.2, 0.25) is 5.95 Å². The molecule has 0 aliphatic carbocycles. The lowest BCUT2D eigenvalue weighted by Gasteiger charge is -2.39. The van der Waals surface area contributed by atoms with Crippen LogP contribution in [0, 0.1) is 6.92 Å². The Hall–Kier alpha value is -1.69. The van der Waals surface area contributed by atoms with Gasteiger partial charge in [-0.1, -0.05) is 0 Å². The Morgan fingerprint density at radius 1 is 1.55 bits per heavy atom. The smallest absolute Gasteiger partial charge is 0.341 e. The summed E-state index contributed by atoms with van der Waals surface area (Å²) in [5.41, 5.74) is 1.10. The number of esters is 1. The van der Waals surface area contributed by atoms with Crippen molar-refractivity contribution < 1.29 is 9.53 Å². The number of carbonyl (C=O) groups is 1. The lowest BCUT2D eigenvalue weighted by molar-refractivity contribution is 0.0524. The maximum Gasteiger partial charge on any atom is 0.341 e. The first-order valence-corrected chi connectivity index (χ1v) is 7.87. The third-order valence-corrected chi connectivity index (χ3v) is 4.51. The van der Waals surface area contributed by atoms with Crippen molar-refractivity contribution in [1.82, 2.24) is 14.9 Å². The summed E-state index contributed by atoms with van der Waals surface area (Å²) in [7, 11) is 4.19. The Balaban J connectivity index is 2.12. The number of piperidine rings is 1. The van der Waals surface area contributed by atoms with Gasteiger partial charge in [-0.15, -0.1) is 0 Å². The first kappa shape index (κ1) is 16.7. The van der Waals surface area contributed by atoms with Gasteiger partial charge in [-0.2, -0.15) is 0 Å². The number of aromatic nitrogens is 2. The highest BCUT2D eigenvalue weighted by atomic mass is 16.5. The first-order chi connectivity index (χ1) is 10.4. The van der Waals surface area contributed by atoms with Crippen LogP contribution in [0.15, 0.2) is 6.20 Å². The van der Waals surface area contributed by atoms with Gasteiger partial charge in [0.05, 0.1) is 17.9 Å². The molecule has 0 spiro atoms. The summed E-state index contributed by atoms with van der Waals surface area (Å²) in [4.78, 5) is 25.2. The summed E-state index contributed by atoms with van der Waals surface area (Å²) < 4.78 is 5.01. The van der Waals surface area contributed by atoms with E-state index < -0.39 is 0 Å². The Kier molecular flexibility index (Phi) is 5.34. The van der Waals surface area contributed by atoms with E-state index in [2.05, 4.69) is 33.7 Å². The van der Waals surface area contributed by atoms with Gasteiger partial charge < -0.3 is 14.5 Å². The minimum atomic E-state index is -0.359. The van der Waals surface area contributed by atoms with Gasteiger partial charge in [0.1, 0.15) is 0 Å². The molecule has 1 aliphatic rings. The number of rotatable bonds is 4. The van der Waals surface area contributed by atoms with Crippen LogP contribution in [0.25, 0.3) is 0 Å². The minimum Gasteiger partial charge on any atom is -0.462 e. The van der Waals surface area contributed by atoms with Crippen molar-refractivity contribution in [3.63, 3.8) is 0 Å². The fraction of sp³-hybridized carbons (Fsp3) is 0.688. The number of ether oxygens (including phenoxy) is 1. The topological polar surface area (TPSA) is 58.6 Å². The molecule has 0 N–H and O–H groups in total. The molecule has 1 saturated heterocycles. The highest BCUT2D eigenvalue weighted by Crippen LogP contribution is 2.23.